The Balaban J connectivity index is 1.61. The fraction of sp³-hybridized carbons (Fsp3) is 0.350. The Bertz CT molecular complexity index is 819. The third kappa shape index (κ3) is 4.67. The second kappa shape index (κ2) is 8.90. The van der Waals surface area contributed by atoms with Crippen LogP contribution in [0.15, 0.2) is 42.7 Å². The number of nitriles is 1. The van der Waals surface area contributed by atoms with Crippen molar-refractivity contribution in [1.82, 2.24) is 15.2 Å². The molecule has 0 radical (unpaired) electrons. The molecule has 2 amide bonds. The Morgan fingerprint density at radius 2 is 2.15 bits per heavy atom. The van der Waals surface area contributed by atoms with Gasteiger partial charge in [0.25, 0.3) is 0 Å². The maximum absolute atomic E-state index is 12.6. The average Bonchev–Trinajstić information content (AvgIpc) is 2.71. The zero-order valence-electron chi connectivity index (χ0n) is 15.1. The summed E-state index contributed by atoms with van der Waals surface area (Å²) in [5.41, 5.74) is 7.56. The summed E-state index contributed by atoms with van der Waals surface area (Å²) in [5.74, 6) is 0.459. The molecule has 27 heavy (non-hydrogen) atoms. The van der Waals surface area contributed by atoms with Crippen LogP contribution in [0.3, 0.4) is 0 Å². The third-order valence-electron chi connectivity index (χ3n) is 4.68. The highest BCUT2D eigenvalue weighted by Crippen LogP contribution is 2.25. The summed E-state index contributed by atoms with van der Waals surface area (Å²) >= 11 is 0. The predicted molar refractivity (Wildman–Crippen MR) is 102 cm³/mol. The maximum atomic E-state index is 12.6. The van der Waals surface area contributed by atoms with E-state index in [9.17, 15) is 10.1 Å². The monoisotopic (exact) mass is 365 g/mol. The average molecular weight is 365 g/mol. The fourth-order valence-corrected chi connectivity index (χ4v) is 3.20. The molecule has 1 unspecified atom stereocenters. The fourth-order valence-electron chi connectivity index (χ4n) is 3.20. The number of hydrogen-bond acceptors (Lipinski definition) is 5. The van der Waals surface area contributed by atoms with Crippen LogP contribution in [0.25, 0.3) is 0 Å². The minimum atomic E-state index is -0.104. The minimum absolute atomic E-state index is 0.0378. The molecule has 2 heterocycles. The molecule has 1 aromatic heterocycles. The van der Waals surface area contributed by atoms with Crippen LogP contribution in [0, 0.1) is 11.3 Å². The molecule has 7 heteroatoms. The molecule has 1 atom stereocenters. The van der Waals surface area contributed by atoms with Crippen LogP contribution in [-0.2, 0) is 6.54 Å². The highest BCUT2D eigenvalue weighted by molar-refractivity contribution is 5.74. The van der Waals surface area contributed by atoms with Gasteiger partial charge in [-0.05, 0) is 49.1 Å². The lowest BCUT2D eigenvalue weighted by atomic mass is 10.0. The first kappa shape index (κ1) is 18.5. The SMILES string of the molecule is N#Cc1c(N)cccc1OCC1CCCCN1C(=O)NCc1ccncc1. The molecule has 1 aromatic carbocycles. The van der Waals surface area contributed by atoms with Crippen LogP contribution in [0.2, 0.25) is 0 Å². The van der Waals surface area contributed by atoms with Gasteiger partial charge in [-0.15, -0.1) is 0 Å². The number of aromatic nitrogens is 1. The first-order valence-corrected chi connectivity index (χ1v) is 9.04. The zero-order valence-corrected chi connectivity index (χ0v) is 15.1. The molecule has 0 spiro atoms. The molecule has 2 aromatic rings. The van der Waals surface area contributed by atoms with Crippen LogP contribution in [0.4, 0.5) is 10.5 Å². The van der Waals surface area contributed by atoms with E-state index in [4.69, 9.17) is 10.5 Å². The molecule has 1 aliphatic heterocycles. The Labute approximate surface area is 158 Å². The van der Waals surface area contributed by atoms with Crippen molar-refractivity contribution in [3.8, 4) is 11.8 Å². The van der Waals surface area contributed by atoms with Gasteiger partial charge in [0, 0.05) is 25.5 Å². The lowest BCUT2D eigenvalue weighted by Crippen LogP contribution is -2.50. The summed E-state index contributed by atoms with van der Waals surface area (Å²) in [4.78, 5) is 18.4. The highest BCUT2D eigenvalue weighted by atomic mass is 16.5. The van der Waals surface area contributed by atoms with Crippen molar-refractivity contribution in [3.05, 3.63) is 53.9 Å². The normalized spacial score (nSPS) is 16.4. The number of nitrogens with two attached hydrogens (primary N) is 1. The molecule has 1 fully saturated rings. The van der Waals surface area contributed by atoms with Crippen molar-refractivity contribution in [1.29, 1.82) is 5.26 Å². The number of carbonyl (C=O) groups is 1. The van der Waals surface area contributed by atoms with E-state index >= 15 is 0 Å². The van der Waals surface area contributed by atoms with E-state index in [0.717, 1.165) is 24.8 Å². The van der Waals surface area contributed by atoms with Crippen molar-refractivity contribution in [2.24, 2.45) is 0 Å². The van der Waals surface area contributed by atoms with Gasteiger partial charge in [-0.2, -0.15) is 5.26 Å². The molecule has 0 saturated carbocycles. The zero-order chi connectivity index (χ0) is 19.1. The number of anilines is 1. The van der Waals surface area contributed by atoms with Crippen molar-refractivity contribution < 1.29 is 9.53 Å². The molecule has 7 nitrogen and oxygen atoms in total. The van der Waals surface area contributed by atoms with Gasteiger partial charge >= 0.3 is 6.03 Å². The van der Waals surface area contributed by atoms with Crippen LogP contribution >= 0.6 is 0 Å². The number of amides is 2. The first-order chi connectivity index (χ1) is 13.2. The van der Waals surface area contributed by atoms with Crippen LogP contribution in [-0.4, -0.2) is 35.1 Å². The van der Waals surface area contributed by atoms with Gasteiger partial charge in [0.1, 0.15) is 24.0 Å². The van der Waals surface area contributed by atoms with Gasteiger partial charge in [0.05, 0.1) is 11.7 Å². The number of nitrogens with zero attached hydrogens (tertiary/aromatic N) is 3. The van der Waals surface area contributed by atoms with E-state index in [0.29, 0.717) is 36.7 Å². The second-order valence-corrected chi connectivity index (χ2v) is 6.50. The topological polar surface area (TPSA) is 104 Å². The van der Waals surface area contributed by atoms with E-state index in [1.165, 1.54) is 0 Å². The Kier molecular flexibility index (Phi) is 6.10. The quantitative estimate of drug-likeness (QED) is 0.793. The standard InChI is InChI=1S/C20H23N5O2/c21-12-17-18(22)5-3-6-19(17)27-14-16-4-1-2-11-25(16)20(26)24-13-15-7-9-23-10-8-15/h3,5-10,16H,1-2,4,11,13-14,22H2,(H,24,26). The molecule has 140 valence electrons. The molecule has 1 saturated heterocycles. The molecule has 3 rings (SSSR count). The summed E-state index contributed by atoms with van der Waals surface area (Å²) < 4.78 is 5.86. The van der Waals surface area contributed by atoms with Gasteiger partial charge < -0.3 is 20.7 Å². The number of carbonyl (C=O) groups excluding carboxylic acids is 1. The number of rotatable bonds is 5. The van der Waals surface area contributed by atoms with Crippen LogP contribution in [0.1, 0.15) is 30.4 Å². The summed E-state index contributed by atoms with van der Waals surface area (Å²) in [5, 5.41) is 12.2. The van der Waals surface area contributed by atoms with E-state index in [1.54, 1.807) is 30.6 Å². The van der Waals surface area contributed by atoms with Crippen LogP contribution in [0.5, 0.6) is 5.75 Å². The summed E-state index contributed by atoms with van der Waals surface area (Å²) in [6.07, 6.45) is 6.30. The second-order valence-electron chi connectivity index (χ2n) is 6.50. The van der Waals surface area contributed by atoms with E-state index in [-0.39, 0.29) is 12.1 Å². The number of nitrogens with one attached hydrogen (secondary N) is 1. The minimum Gasteiger partial charge on any atom is -0.490 e. The molecule has 0 bridgehead atoms. The third-order valence-corrected chi connectivity index (χ3v) is 4.68. The summed E-state index contributed by atoms with van der Waals surface area (Å²) in [6, 6.07) is 10.8. The number of urea groups is 1. The largest absolute Gasteiger partial charge is 0.490 e. The molecular weight excluding hydrogens is 342 g/mol. The van der Waals surface area contributed by atoms with Gasteiger partial charge in [0.2, 0.25) is 0 Å². The van der Waals surface area contributed by atoms with Crippen molar-refractivity contribution in [2.75, 3.05) is 18.9 Å². The van der Waals surface area contributed by atoms with Gasteiger partial charge in [-0.25, -0.2) is 4.79 Å². The number of piperidine rings is 1. The van der Waals surface area contributed by atoms with Gasteiger partial charge in [-0.1, -0.05) is 6.07 Å². The lowest BCUT2D eigenvalue weighted by Gasteiger charge is -2.35. The van der Waals surface area contributed by atoms with Crippen LogP contribution < -0.4 is 15.8 Å². The number of benzene rings is 1. The number of pyridine rings is 1. The lowest BCUT2D eigenvalue weighted by molar-refractivity contribution is 0.116. The van der Waals surface area contributed by atoms with Gasteiger partial charge in [0.15, 0.2) is 0 Å². The number of hydrogen-bond donors (Lipinski definition) is 2. The molecule has 3 N–H and O–H groups in total. The van der Waals surface area contributed by atoms with Gasteiger partial charge in [-0.3, -0.25) is 4.98 Å². The molecular formula is C20H23N5O2. The predicted octanol–water partition coefficient (Wildman–Crippen LogP) is 2.68. The van der Waals surface area contributed by atoms with Crippen molar-refractivity contribution in [3.63, 3.8) is 0 Å². The van der Waals surface area contributed by atoms with Crippen molar-refractivity contribution >= 4 is 11.7 Å². The van der Waals surface area contributed by atoms with Crippen molar-refractivity contribution in [2.45, 2.75) is 31.8 Å². The number of ether oxygens (including phenoxy) is 1. The summed E-state index contributed by atoms with van der Waals surface area (Å²) in [6.45, 7) is 1.48. The Morgan fingerprint density at radius 1 is 1.33 bits per heavy atom. The first-order valence-electron chi connectivity index (χ1n) is 9.04. The maximum Gasteiger partial charge on any atom is 0.318 e. The Hall–Kier alpha value is -3.27. The number of nitrogen functional groups attached to an aromatic ring is 1. The van der Waals surface area contributed by atoms with E-state index < -0.39 is 0 Å². The Morgan fingerprint density at radius 3 is 2.93 bits per heavy atom. The smallest absolute Gasteiger partial charge is 0.318 e. The molecule has 0 aliphatic carbocycles. The number of likely N-dealkylation sites (tertiary alicyclic amines) is 1. The van der Waals surface area contributed by atoms with E-state index in [2.05, 4.69) is 16.4 Å². The van der Waals surface area contributed by atoms with E-state index in [1.807, 2.05) is 17.0 Å². The highest BCUT2D eigenvalue weighted by Gasteiger charge is 2.27. The summed E-state index contributed by atoms with van der Waals surface area (Å²) in [7, 11) is 0. The molecule has 1 aliphatic rings.